The maximum absolute atomic E-state index is 9.94. The van der Waals surface area contributed by atoms with Gasteiger partial charge in [0.25, 0.3) is 0 Å². The Hall–Kier alpha value is -1.36. The summed E-state index contributed by atoms with van der Waals surface area (Å²) in [4.78, 5) is 4.59. The van der Waals surface area contributed by atoms with Crippen LogP contribution < -0.4 is 11.1 Å². The highest BCUT2D eigenvalue weighted by Crippen LogP contribution is 2.36. The fourth-order valence-corrected chi connectivity index (χ4v) is 2.46. The summed E-state index contributed by atoms with van der Waals surface area (Å²) >= 11 is 6.19. The molecule has 0 saturated heterocycles. The molecule has 1 aromatic heterocycles. The van der Waals surface area contributed by atoms with Crippen molar-refractivity contribution in [1.29, 1.82) is 0 Å². The summed E-state index contributed by atoms with van der Waals surface area (Å²) in [7, 11) is 0. The van der Waals surface area contributed by atoms with Crippen LogP contribution in [0.1, 0.15) is 31.4 Å². The number of hydrogen-bond donors (Lipinski definition) is 3. The largest absolute Gasteiger partial charge is 0.388 e. The van der Waals surface area contributed by atoms with Crippen LogP contribution in [-0.2, 0) is 0 Å². The van der Waals surface area contributed by atoms with Gasteiger partial charge in [-0.15, -0.1) is 0 Å². The number of nitrogens with zero attached hydrogens (tertiary/aromatic N) is 1. The molecule has 1 unspecified atom stereocenters. The maximum atomic E-state index is 9.94. The number of nitrogens with one attached hydrogen (secondary N) is 1. The molecule has 1 heterocycles. The van der Waals surface area contributed by atoms with Crippen LogP contribution in [-0.4, -0.2) is 22.2 Å². The molecule has 4 nitrogen and oxygen atoms in total. The standard InChI is InChI=1S/C15H18ClN3O/c1-9(17)11-7-10-3-2-4-12(16)13(10)19-14(11)18-8-15(20)5-6-15/h2-4,7,9,20H,5-6,8,17H2,1H3,(H,18,19). The Kier molecular flexibility index (Phi) is 3.32. The Bertz CT molecular complexity index is 653. The number of rotatable bonds is 4. The monoisotopic (exact) mass is 291 g/mol. The van der Waals surface area contributed by atoms with Crippen LogP contribution in [0.25, 0.3) is 10.9 Å². The molecule has 1 aromatic carbocycles. The first-order chi connectivity index (χ1) is 9.48. The van der Waals surface area contributed by atoms with Crippen LogP contribution in [0.2, 0.25) is 5.02 Å². The third-order valence-electron chi connectivity index (χ3n) is 3.73. The Morgan fingerprint density at radius 2 is 2.25 bits per heavy atom. The highest BCUT2D eigenvalue weighted by atomic mass is 35.5. The van der Waals surface area contributed by atoms with Gasteiger partial charge in [-0.25, -0.2) is 4.98 Å². The number of aliphatic hydroxyl groups is 1. The Balaban J connectivity index is 2.02. The molecule has 2 aromatic rings. The first-order valence-electron chi connectivity index (χ1n) is 6.79. The minimum atomic E-state index is -0.577. The third kappa shape index (κ3) is 2.59. The number of hydrogen-bond acceptors (Lipinski definition) is 4. The molecule has 1 saturated carbocycles. The third-order valence-corrected chi connectivity index (χ3v) is 4.03. The first-order valence-corrected chi connectivity index (χ1v) is 7.17. The number of anilines is 1. The summed E-state index contributed by atoms with van der Waals surface area (Å²) in [5.74, 6) is 0.709. The Morgan fingerprint density at radius 1 is 1.50 bits per heavy atom. The van der Waals surface area contributed by atoms with E-state index in [1.165, 1.54) is 0 Å². The lowest BCUT2D eigenvalue weighted by atomic mass is 10.1. The molecule has 106 valence electrons. The molecule has 0 spiro atoms. The predicted octanol–water partition coefficient (Wildman–Crippen LogP) is 2.84. The summed E-state index contributed by atoms with van der Waals surface area (Å²) in [6.07, 6.45) is 1.67. The molecule has 20 heavy (non-hydrogen) atoms. The minimum Gasteiger partial charge on any atom is -0.388 e. The number of benzene rings is 1. The van der Waals surface area contributed by atoms with Crippen molar-refractivity contribution >= 4 is 28.3 Å². The van der Waals surface area contributed by atoms with Crippen molar-refractivity contribution in [1.82, 2.24) is 4.98 Å². The quantitative estimate of drug-likeness (QED) is 0.810. The summed E-state index contributed by atoms with van der Waals surface area (Å²) in [6.45, 7) is 2.42. The van der Waals surface area contributed by atoms with Gasteiger partial charge in [0.2, 0.25) is 0 Å². The second-order valence-electron chi connectivity index (χ2n) is 5.60. The average Bonchev–Trinajstić information content (AvgIpc) is 3.14. The van der Waals surface area contributed by atoms with Crippen LogP contribution in [0.5, 0.6) is 0 Å². The zero-order chi connectivity index (χ0) is 14.3. The van der Waals surface area contributed by atoms with Crippen molar-refractivity contribution in [2.45, 2.75) is 31.4 Å². The maximum Gasteiger partial charge on any atom is 0.131 e. The summed E-state index contributed by atoms with van der Waals surface area (Å²) < 4.78 is 0. The smallest absolute Gasteiger partial charge is 0.131 e. The lowest BCUT2D eigenvalue weighted by Gasteiger charge is -2.17. The Labute approximate surface area is 123 Å². The van der Waals surface area contributed by atoms with Crippen LogP contribution in [0.3, 0.4) is 0 Å². The van der Waals surface area contributed by atoms with E-state index in [4.69, 9.17) is 17.3 Å². The van der Waals surface area contributed by atoms with Gasteiger partial charge in [0.1, 0.15) is 5.82 Å². The van der Waals surface area contributed by atoms with E-state index in [1.54, 1.807) is 0 Å². The normalized spacial score (nSPS) is 18.0. The van der Waals surface area contributed by atoms with E-state index in [9.17, 15) is 5.11 Å². The van der Waals surface area contributed by atoms with Gasteiger partial charge < -0.3 is 16.2 Å². The Morgan fingerprint density at radius 3 is 2.90 bits per heavy atom. The van der Waals surface area contributed by atoms with Gasteiger partial charge in [0, 0.05) is 23.5 Å². The molecule has 0 radical (unpaired) electrons. The molecule has 3 rings (SSSR count). The lowest BCUT2D eigenvalue weighted by molar-refractivity contribution is 0.164. The number of aromatic nitrogens is 1. The van der Waals surface area contributed by atoms with Crippen molar-refractivity contribution in [3.05, 3.63) is 34.9 Å². The van der Waals surface area contributed by atoms with E-state index in [0.717, 1.165) is 29.3 Å². The molecular weight excluding hydrogens is 274 g/mol. The van der Waals surface area contributed by atoms with Gasteiger partial charge in [-0.05, 0) is 31.9 Å². The van der Waals surface area contributed by atoms with E-state index in [1.807, 2.05) is 31.2 Å². The van der Waals surface area contributed by atoms with E-state index >= 15 is 0 Å². The topological polar surface area (TPSA) is 71.2 Å². The van der Waals surface area contributed by atoms with E-state index < -0.39 is 5.60 Å². The van der Waals surface area contributed by atoms with E-state index in [0.29, 0.717) is 17.4 Å². The van der Waals surface area contributed by atoms with Crippen molar-refractivity contribution in [3.63, 3.8) is 0 Å². The van der Waals surface area contributed by atoms with Crippen LogP contribution >= 0.6 is 11.6 Å². The zero-order valence-electron chi connectivity index (χ0n) is 11.4. The van der Waals surface area contributed by atoms with Gasteiger partial charge in [0.05, 0.1) is 16.1 Å². The molecule has 1 fully saturated rings. The number of fused-ring (bicyclic) bond motifs is 1. The molecular formula is C15H18ClN3O. The molecule has 0 aliphatic heterocycles. The lowest BCUT2D eigenvalue weighted by Crippen LogP contribution is -2.22. The van der Waals surface area contributed by atoms with Crippen LogP contribution in [0.15, 0.2) is 24.3 Å². The first kappa shape index (κ1) is 13.6. The predicted molar refractivity (Wildman–Crippen MR) is 82.0 cm³/mol. The molecule has 4 N–H and O–H groups in total. The highest BCUT2D eigenvalue weighted by Gasteiger charge is 2.40. The van der Waals surface area contributed by atoms with Crippen molar-refractivity contribution in [2.75, 3.05) is 11.9 Å². The second kappa shape index (κ2) is 4.88. The molecule has 0 bridgehead atoms. The molecule has 1 aliphatic carbocycles. The van der Waals surface area contributed by atoms with Crippen molar-refractivity contribution in [3.8, 4) is 0 Å². The SMILES string of the molecule is CC(N)c1cc2cccc(Cl)c2nc1NCC1(O)CC1. The molecule has 0 amide bonds. The zero-order valence-corrected chi connectivity index (χ0v) is 12.1. The van der Waals surface area contributed by atoms with Crippen molar-refractivity contribution < 1.29 is 5.11 Å². The average molecular weight is 292 g/mol. The summed E-state index contributed by atoms with van der Waals surface area (Å²) in [5, 5.41) is 14.7. The van der Waals surface area contributed by atoms with Gasteiger partial charge in [-0.2, -0.15) is 0 Å². The summed E-state index contributed by atoms with van der Waals surface area (Å²) in [5.41, 5.74) is 7.13. The van der Waals surface area contributed by atoms with E-state index in [2.05, 4.69) is 10.3 Å². The van der Waals surface area contributed by atoms with Crippen molar-refractivity contribution in [2.24, 2.45) is 5.73 Å². The highest BCUT2D eigenvalue weighted by molar-refractivity contribution is 6.35. The van der Waals surface area contributed by atoms with Gasteiger partial charge in [-0.1, -0.05) is 23.7 Å². The fraction of sp³-hybridized carbons (Fsp3) is 0.400. The summed E-state index contributed by atoms with van der Waals surface area (Å²) in [6, 6.07) is 7.57. The van der Waals surface area contributed by atoms with E-state index in [-0.39, 0.29) is 6.04 Å². The van der Waals surface area contributed by atoms with Gasteiger partial charge in [0.15, 0.2) is 0 Å². The number of halogens is 1. The van der Waals surface area contributed by atoms with Crippen LogP contribution in [0.4, 0.5) is 5.82 Å². The number of para-hydroxylation sites is 1. The van der Waals surface area contributed by atoms with Crippen LogP contribution in [0, 0.1) is 0 Å². The fourth-order valence-electron chi connectivity index (χ4n) is 2.24. The number of pyridine rings is 1. The van der Waals surface area contributed by atoms with Gasteiger partial charge >= 0.3 is 0 Å². The van der Waals surface area contributed by atoms with Gasteiger partial charge in [-0.3, -0.25) is 0 Å². The molecule has 1 aliphatic rings. The number of nitrogens with two attached hydrogens (primary N) is 1. The minimum absolute atomic E-state index is 0.137. The molecule has 5 heteroatoms. The molecule has 1 atom stereocenters. The second-order valence-corrected chi connectivity index (χ2v) is 6.01.